The van der Waals surface area contributed by atoms with Gasteiger partial charge in [0.25, 0.3) is 0 Å². The van der Waals surface area contributed by atoms with E-state index in [1.807, 2.05) is 0 Å². The van der Waals surface area contributed by atoms with Crippen molar-refractivity contribution in [1.29, 1.82) is 0 Å². The minimum atomic E-state index is 0.171. The maximum absolute atomic E-state index is 2.45. The average molecular weight is 663 g/mol. The molecular formula is C45H29NSe. The topological polar surface area (TPSA) is 3.24 Å². The van der Waals surface area contributed by atoms with Gasteiger partial charge in [-0.05, 0) is 0 Å². The third kappa shape index (κ3) is 4.23. The van der Waals surface area contributed by atoms with Crippen LogP contribution in [0.4, 0.5) is 17.1 Å². The molecule has 0 N–H and O–H groups in total. The van der Waals surface area contributed by atoms with Crippen LogP contribution in [0.15, 0.2) is 170 Å². The first-order valence-corrected chi connectivity index (χ1v) is 17.9. The van der Waals surface area contributed by atoms with Crippen LogP contribution in [0, 0.1) is 0 Å². The number of hydrogen-bond donors (Lipinski definition) is 0. The van der Waals surface area contributed by atoms with E-state index in [1.165, 1.54) is 80.0 Å². The van der Waals surface area contributed by atoms with E-state index in [9.17, 15) is 0 Å². The van der Waals surface area contributed by atoms with Crippen LogP contribution in [0.3, 0.4) is 0 Å². The first-order chi connectivity index (χ1) is 23.3. The molecule has 1 nitrogen and oxygen atoms in total. The Morgan fingerprint density at radius 3 is 1.91 bits per heavy atom. The van der Waals surface area contributed by atoms with Gasteiger partial charge in [-0.3, -0.25) is 0 Å². The molecule has 1 atom stereocenters. The molecule has 0 fully saturated rings. The molecule has 1 aromatic heterocycles. The van der Waals surface area contributed by atoms with Crippen molar-refractivity contribution in [3.63, 3.8) is 0 Å². The van der Waals surface area contributed by atoms with Crippen molar-refractivity contribution in [1.82, 2.24) is 0 Å². The fraction of sp³-hybridized carbons (Fsp3) is 0.0222. The molecule has 0 bridgehead atoms. The summed E-state index contributed by atoms with van der Waals surface area (Å²) in [5.41, 5.74) is 10.3. The Hall–Kier alpha value is -5.40. The summed E-state index contributed by atoms with van der Waals surface area (Å²) >= 11 is 0.285. The van der Waals surface area contributed by atoms with Crippen LogP contribution in [0.25, 0.3) is 52.0 Å². The van der Waals surface area contributed by atoms with Crippen molar-refractivity contribution in [2.24, 2.45) is 0 Å². The number of fused-ring (bicyclic) bond motifs is 9. The van der Waals surface area contributed by atoms with Gasteiger partial charge in [-0.2, -0.15) is 0 Å². The molecule has 220 valence electrons. The summed E-state index contributed by atoms with van der Waals surface area (Å²) in [6.07, 6.45) is 0. The number of hydrogen-bond acceptors (Lipinski definition) is 1. The Kier molecular flexibility index (Phi) is 6.02. The number of anilines is 3. The molecule has 10 rings (SSSR count). The minimum absolute atomic E-state index is 0.171. The van der Waals surface area contributed by atoms with E-state index >= 15 is 0 Å². The van der Waals surface area contributed by atoms with Crippen LogP contribution in [0.5, 0.6) is 0 Å². The third-order valence-electron chi connectivity index (χ3n) is 9.87. The molecule has 1 unspecified atom stereocenters. The molecule has 1 heterocycles. The third-order valence-corrected chi connectivity index (χ3v) is 12.4. The van der Waals surface area contributed by atoms with Crippen LogP contribution in [0.2, 0.25) is 0 Å². The van der Waals surface area contributed by atoms with Crippen molar-refractivity contribution in [3.05, 3.63) is 187 Å². The molecule has 0 aliphatic heterocycles. The Morgan fingerprint density at radius 2 is 1.06 bits per heavy atom. The fourth-order valence-electron chi connectivity index (χ4n) is 7.73. The molecule has 0 amide bonds. The Morgan fingerprint density at radius 1 is 0.404 bits per heavy atom. The summed E-state index contributed by atoms with van der Waals surface area (Å²) in [6.45, 7) is 0. The molecule has 0 radical (unpaired) electrons. The fourth-order valence-corrected chi connectivity index (χ4v) is 10.3. The van der Waals surface area contributed by atoms with Crippen molar-refractivity contribution in [2.45, 2.75) is 5.92 Å². The first-order valence-electron chi connectivity index (χ1n) is 16.2. The van der Waals surface area contributed by atoms with E-state index in [2.05, 4.69) is 175 Å². The summed E-state index contributed by atoms with van der Waals surface area (Å²) in [6, 6.07) is 63.1. The van der Waals surface area contributed by atoms with Gasteiger partial charge in [0.1, 0.15) is 0 Å². The number of benzene rings is 8. The van der Waals surface area contributed by atoms with Gasteiger partial charge in [-0.15, -0.1) is 0 Å². The predicted molar refractivity (Wildman–Crippen MR) is 201 cm³/mol. The Balaban J connectivity index is 1.19. The summed E-state index contributed by atoms with van der Waals surface area (Å²) in [5, 5.41) is 8.03. The van der Waals surface area contributed by atoms with Crippen molar-refractivity contribution in [3.8, 4) is 11.1 Å². The van der Waals surface area contributed by atoms with Crippen molar-refractivity contribution < 1.29 is 0 Å². The number of rotatable bonds is 4. The van der Waals surface area contributed by atoms with Crippen LogP contribution in [0.1, 0.15) is 22.6 Å². The van der Waals surface area contributed by atoms with Gasteiger partial charge < -0.3 is 0 Å². The van der Waals surface area contributed by atoms with E-state index in [0.717, 1.165) is 5.69 Å². The summed E-state index contributed by atoms with van der Waals surface area (Å²) in [7, 11) is 0. The molecule has 2 heteroatoms. The van der Waals surface area contributed by atoms with Gasteiger partial charge in [0.05, 0.1) is 0 Å². The second-order valence-corrected chi connectivity index (χ2v) is 14.7. The second-order valence-electron chi connectivity index (χ2n) is 12.5. The standard InChI is InChI=1S/C45H29NSe/c1-3-11-30(12-4-1)44-41-26-32-14-8-7-13-31(32)25-40(41)36-24-22-35(28-42(36)44)46(33-15-5-2-6-16-33)34-21-19-29-20-23-38-37-17-9-10-18-43(37)47-45(38)39(29)27-34/h1-28,44H. The summed E-state index contributed by atoms with van der Waals surface area (Å²) < 4.78 is 2.97. The van der Waals surface area contributed by atoms with Crippen LogP contribution < -0.4 is 4.90 Å². The zero-order chi connectivity index (χ0) is 30.9. The van der Waals surface area contributed by atoms with Gasteiger partial charge in [-0.25, -0.2) is 0 Å². The van der Waals surface area contributed by atoms with Gasteiger partial charge >= 0.3 is 251 Å². The molecule has 1 aliphatic carbocycles. The average Bonchev–Trinajstić information content (AvgIpc) is 3.67. The molecular weight excluding hydrogens is 633 g/mol. The predicted octanol–water partition coefficient (Wildman–Crippen LogP) is 12.0. The SMILES string of the molecule is c1ccc(C2c3cc(N(c4ccccc4)c4ccc5ccc6c7ccccc7[se]c6c5c4)ccc3-c3cc4ccccc4cc32)cc1. The van der Waals surface area contributed by atoms with Crippen LogP contribution in [-0.4, -0.2) is 14.5 Å². The van der Waals surface area contributed by atoms with Crippen molar-refractivity contribution in [2.75, 3.05) is 4.90 Å². The zero-order valence-corrected chi connectivity index (χ0v) is 27.3. The van der Waals surface area contributed by atoms with Crippen LogP contribution >= 0.6 is 0 Å². The van der Waals surface area contributed by atoms with Crippen LogP contribution in [-0.2, 0) is 0 Å². The van der Waals surface area contributed by atoms with Gasteiger partial charge in [0.2, 0.25) is 0 Å². The Labute approximate surface area is 279 Å². The number of nitrogens with zero attached hydrogens (tertiary/aromatic N) is 1. The van der Waals surface area contributed by atoms with E-state index in [4.69, 9.17) is 0 Å². The number of para-hydroxylation sites is 1. The van der Waals surface area contributed by atoms with E-state index in [-0.39, 0.29) is 20.4 Å². The monoisotopic (exact) mass is 663 g/mol. The summed E-state index contributed by atoms with van der Waals surface area (Å²) in [5.74, 6) is 0.171. The molecule has 8 aromatic carbocycles. The van der Waals surface area contributed by atoms with Crippen molar-refractivity contribution >= 4 is 72.4 Å². The van der Waals surface area contributed by atoms with E-state index < -0.39 is 0 Å². The van der Waals surface area contributed by atoms with Gasteiger partial charge in [0.15, 0.2) is 0 Å². The van der Waals surface area contributed by atoms with Gasteiger partial charge in [0, 0.05) is 0 Å². The molecule has 0 saturated heterocycles. The first kappa shape index (κ1) is 26.8. The Bertz CT molecular complexity index is 2630. The van der Waals surface area contributed by atoms with E-state index in [0.29, 0.717) is 0 Å². The molecule has 9 aromatic rings. The second kappa shape index (κ2) is 10.6. The molecule has 47 heavy (non-hydrogen) atoms. The molecule has 0 saturated carbocycles. The van der Waals surface area contributed by atoms with E-state index in [1.54, 1.807) is 0 Å². The maximum atomic E-state index is 2.45. The zero-order valence-electron chi connectivity index (χ0n) is 25.6. The van der Waals surface area contributed by atoms with Gasteiger partial charge in [-0.1, -0.05) is 30.3 Å². The quantitative estimate of drug-likeness (QED) is 0.170. The molecule has 1 aliphatic rings. The normalized spacial score (nSPS) is 13.7. The summed E-state index contributed by atoms with van der Waals surface area (Å²) in [4.78, 5) is 2.44. The molecule has 0 spiro atoms.